The van der Waals surface area contributed by atoms with Crippen molar-refractivity contribution >= 4 is 22.6 Å². The number of carbonyl (C=O) groups is 1. The van der Waals surface area contributed by atoms with Gasteiger partial charge in [0.2, 0.25) is 0 Å². The molecule has 2 aromatic heterocycles. The van der Waals surface area contributed by atoms with E-state index < -0.39 is 0 Å². The first-order valence-electron chi connectivity index (χ1n) is 9.95. The number of nitrogens with one attached hydrogen (secondary N) is 3. The van der Waals surface area contributed by atoms with Crippen LogP contribution in [0.25, 0.3) is 11.0 Å². The maximum atomic E-state index is 12.4. The predicted octanol–water partition coefficient (Wildman–Crippen LogP) is 3.39. The van der Waals surface area contributed by atoms with Gasteiger partial charge in [-0.3, -0.25) is 9.69 Å². The Morgan fingerprint density at radius 1 is 1.21 bits per heavy atom. The molecule has 0 saturated carbocycles. The van der Waals surface area contributed by atoms with Gasteiger partial charge in [-0.05, 0) is 37.4 Å². The van der Waals surface area contributed by atoms with Crippen molar-refractivity contribution in [1.82, 2.24) is 20.2 Å². The first-order valence-corrected chi connectivity index (χ1v) is 9.95. The van der Waals surface area contributed by atoms with E-state index in [1.165, 1.54) is 5.56 Å². The molecule has 0 radical (unpaired) electrons. The molecular weight excluding hydrogens is 350 g/mol. The molecule has 0 bridgehead atoms. The quantitative estimate of drug-likeness (QED) is 0.637. The zero-order valence-corrected chi connectivity index (χ0v) is 16.2. The Balaban J connectivity index is 1.49. The summed E-state index contributed by atoms with van der Waals surface area (Å²) in [7, 11) is 1.65. The summed E-state index contributed by atoms with van der Waals surface area (Å²) < 4.78 is 0. The molecule has 3 N–H and O–H groups in total. The van der Waals surface area contributed by atoms with Gasteiger partial charge in [0, 0.05) is 44.0 Å². The Morgan fingerprint density at radius 3 is 2.89 bits per heavy atom. The lowest BCUT2D eigenvalue weighted by atomic mass is 10.1. The van der Waals surface area contributed by atoms with E-state index in [4.69, 9.17) is 0 Å². The first-order chi connectivity index (χ1) is 13.7. The standard InChI is InChI=1S/C22H27N5O/c1-23-22(28)19-14-25-21-18(9-11-24-21)20(19)26-17-8-5-12-27(13-10-17)15-16-6-3-2-4-7-16/h2-4,6-7,9,11,14,17H,5,8,10,12-13,15H2,1H3,(H,23,28)(H2,24,25,26). The van der Waals surface area contributed by atoms with Gasteiger partial charge in [-0.2, -0.15) is 0 Å². The van der Waals surface area contributed by atoms with Crippen LogP contribution in [0.5, 0.6) is 0 Å². The molecule has 6 nitrogen and oxygen atoms in total. The monoisotopic (exact) mass is 377 g/mol. The average Bonchev–Trinajstić information content (AvgIpc) is 3.11. The van der Waals surface area contributed by atoms with Crippen LogP contribution in [-0.2, 0) is 6.54 Å². The molecule has 1 saturated heterocycles. The van der Waals surface area contributed by atoms with Crippen molar-refractivity contribution in [1.29, 1.82) is 0 Å². The van der Waals surface area contributed by atoms with E-state index in [2.05, 4.69) is 55.8 Å². The van der Waals surface area contributed by atoms with Gasteiger partial charge in [-0.1, -0.05) is 30.3 Å². The van der Waals surface area contributed by atoms with Crippen LogP contribution < -0.4 is 10.6 Å². The summed E-state index contributed by atoms with van der Waals surface area (Å²) >= 11 is 0. The Kier molecular flexibility index (Phi) is 5.58. The maximum Gasteiger partial charge on any atom is 0.254 e. The van der Waals surface area contributed by atoms with Crippen LogP contribution in [0.3, 0.4) is 0 Å². The summed E-state index contributed by atoms with van der Waals surface area (Å²) in [6.45, 7) is 3.14. The minimum absolute atomic E-state index is 0.113. The number of benzene rings is 1. The maximum absolute atomic E-state index is 12.4. The fourth-order valence-corrected chi connectivity index (χ4v) is 3.97. The van der Waals surface area contributed by atoms with E-state index in [-0.39, 0.29) is 5.91 Å². The van der Waals surface area contributed by atoms with E-state index in [0.29, 0.717) is 11.6 Å². The molecule has 1 amide bonds. The highest BCUT2D eigenvalue weighted by molar-refractivity contribution is 6.06. The Bertz CT molecular complexity index is 937. The SMILES string of the molecule is CNC(=O)c1cnc2[nH]ccc2c1NC1CCCN(Cc2ccccc2)CC1. The summed E-state index contributed by atoms with van der Waals surface area (Å²) in [5, 5.41) is 7.36. The van der Waals surface area contributed by atoms with Crippen molar-refractivity contribution < 1.29 is 4.79 Å². The number of nitrogens with zero attached hydrogens (tertiary/aromatic N) is 2. The summed E-state index contributed by atoms with van der Waals surface area (Å²) in [4.78, 5) is 22.4. The number of amides is 1. The Hall–Kier alpha value is -2.86. The van der Waals surface area contributed by atoms with Crippen LogP contribution in [0.1, 0.15) is 35.2 Å². The summed E-state index contributed by atoms with van der Waals surface area (Å²) in [5.74, 6) is -0.113. The van der Waals surface area contributed by atoms with Crippen LogP contribution in [0.15, 0.2) is 48.8 Å². The van der Waals surface area contributed by atoms with Gasteiger partial charge in [0.25, 0.3) is 5.91 Å². The number of rotatable bonds is 5. The van der Waals surface area contributed by atoms with Crippen LogP contribution in [0.2, 0.25) is 0 Å². The molecule has 1 unspecified atom stereocenters. The van der Waals surface area contributed by atoms with Gasteiger partial charge in [-0.15, -0.1) is 0 Å². The van der Waals surface area contributed by atoms with Crippen molar-refractivity contribution in [3.63, 3.8) is 0 Å². The number of aromatic nitrogens is 2. The van der Waals surface area contributed by atoms with Crippen molar-refractivity contribution in [3.8, 4) is 0 Å². The third-order valence-electron chi connectivity index (χ3n) is 5.48. The molecule has 1 aliphatic heterocycles. The lowest BCUT2D eigenvalue weighted by Crippen LogP contribution is -2.27. The molecule has 146 valence electrons. The minimum Gasteiger partial charge on any atom is -0.381 e. The second-order valence-electron chi connectivity index (χ2n) is 7.40. The van der Waals surface area contributed by atoms with E-state index in [0.717, 1.165) is 55.6 Å². The first kappa shape index (κ1) is 18.5. The molecule has 3 heterocycles. The molecular formula is C22H27N5O. The highest BCUT2D eigenvalue weighted by Gasteiger charge is 2.21. The fraction of sp³-hybridized carbons (Fsp3) is 0.364. The van der Waals surface area contributed by atoms with E-state index in [1.54, 1.807) is 13.2 Å². The highest BCUT2D eigenvalue weighted by Crippen LogP contribution is 2.28. The molecule has 1 atom stereocenters. The van der Waals surface area contributed by atoms with Gasteiger partial charge in [0.05, 0.1) is 11.3 Å². The number of pyridine rings is 1. The van der Waals surface area contributed by atoms with Gasteiger partial charge in [0.15, 0.2) is 0 Å². The lowest BCUT2D eigenvalue weighted by molar-refractivity contribution is 0.0963. The molecule has 0 spiro atoms. The summed E-state index contributed by atoms with van der Waals surface area (Å²) in [6, 6.07) is 13.0. The number of hydrogen-bond donors (Lipinski definition) is 3. The Morgan fingerprint density at radius 2 is 2.07 bits per heavy atom. The van der Waals surface area contributed by atoms with Crippen molar-refractivity contribution in [2.45, 2.75) is 31.8 Å². The van der Waals surface area contributed by atoms with E-state index in [9.17, 15) is 4.79 Å². The smallest absolute Gasteiger partial charge is 0.254 e. The number of fused-ring (bicyclic) bond motifs is 1. The largest absolute Gasteiger partial charge is 0.381 e. The second-order valence-corrected chi connectivity index (χ2v) is 7.40. The van der Waals surface area contributed by atoms with Crippen LogP contribution in [0.4, 0.5) is 5.69 Å². The molecule has 6 heteroatoms. The van der Waals surface area contributed by atoms with Crippen molar-refractivity contribution in [2.75, 3.05) is 25.5 Å². The lowest BCUT2D eigenvalue weighted by Gasteiger charge is -2.22. The molecule has 1 aromatic carbocycles. The third-order valence-corrected chi connectivity index (χ3v) is 5.48. The molecule has 4 rings (SSSR count). The minimum atomic E-state index is -0.113. The van der Waals surface area contributed by atoms with E-state index >= 15 is 0 Å². The zero-order chi connectivity index (χ0) is 19.3. The zero-order valence-electron chi connectivity index (χ0n) is 16.2. The molecule has 3 aromatic rings. The summed E-state index contributed by atoms with van der Waals surface area (Å²) in [6.07, 6.45) is 6.80. The number of anilines is 1. The highest BCUT2D eigenvalue weighted by atomic mass is 16.1. The van der Waals surface area contributed by atoms with Gasteiger partial charge >= 0.3 is 0 Å². The van der Waals surface area contributed by atoms with Crippen LogP contribution >= 0.6 is 0 Å². The predicted molar refractivity (Wildman–Crippen MR) is 112 cm³/mol. The number of H-pyrrole nitrogens is 1. The molecule has 1 fully saturated rings. The average molecular weight is 377 g/mol. The fourth-order valence-electron chi connectivity index (χ4n) is 3.97. The van der Waals surface area contributed by atoms with Gasteiger partial charge in [-0.25, -0.2) is 4.98 Å². The van der Waals surface area contributed by atoms with E-state index in [1.807, 2.05) is 12.3 Å². The number of hydrogen-bond acceptors (Lipinski definition) is 4. The van der Waals surface area contributed by atoms with Crippen molar-refractivity contribution in [3.05, 3.63) is 59.9 Å². The topological polar surface area (TPSA) is 73.0 Å². The van der Waals surface area contributed by atoms with Gasteiger partial charge in [0.1, 0.15) is 5.65 Å². The molecule has 28 heavy (non-hydrogen) atoms. The second kappa shape index (κ2) is 8.44. The normalized spacial score (nSPS) is 18.0. The van der Waals surface area contributed by atoms with Crippen LogP contribution in [0, 0.1) is 0 Å². The third kappa shape index (κ3) is 4.02. The molecule has 1 aliphatic rings. The summed E-state index contributed by atoms with van der Waals surface area (Å²) in [5.41, 5.74) is 3.64. The number of carbonyl (C=O) groups excluding carboxylic acids is 1. The number of likely N-dealkylation sites (tertiary alicyclic amines) is 1. The van der Waals surface area contributed by atoms with Crippen molar-refractivity contribution in [2.24, 2.45) is 0 Å². The van der Waals surface area contributed by atoms with Crippen LogP contribution in [-0.4, -0.2) is 47.0 Å². The number of aromatic amines is 1. The van der Waals surface area contributed by atoms with Gasteiger partial charge < -0.3 is 15.6 Å². The Labute approximate surface area is 165 Å². The molecule has 0 aliphatic carbocycles.